The molecule has 22 heteroatoms. The topological polar surface area (TPSA) is 337 Å². The van der Waals surface area contributed by atoms with Gasteiger partial charge in [-0.05, 0) is 75.0 Å². The molecular formula is C53H92N8O14. The van der Waals surface area contributed by atoms with Gasteiger partial charge in [-0.2, -0.15) is 0 Å². The highest BCUT2D eigenvalue weighted by Gasteiger charge is 2.40. The zero-order valence-corrected chi connectivity index (χ0v) is 46.5. The first-order valence-corrected chi connectivity index (χ1v) is 26.9. The summed E-state index contributed by atoms with van der Waals surface area (Å²) in [5.74, 6) is -11.5. The van der Waals surface area contributed by atoms with Gasteiger partial charge in [-0.15, -0.1) is 0 Å². The molecule has 0 aromatic carbocycles. The van der Waals surface area contributed by atoms with E-state index in [0.717, 1.165) is 38.5 Å². The number of esters is 1. The van der Waals surface area contributed by atoms with E-state index in [4.69, 9.17) is 4.74 Å². The Hall–Kier alpha value is -5.64. The summed E-state index contributed by atoms with van der Waals surface area (Å²) in [4.78, 5) is 138. The molecule has 1 heterocycles. The average molecular weight is 1070 g/mol. The molecule has 1 rings (SSSR count). The van der Waals surface area contributed by atoms with Crippen LogP contribution in [0.2, 0.25) is 0 Å². The van der Waals surface area contributed by atoms with Crippen molar-refractivity contribution in [1.82, 2.24) is 42.5 Å². The van der Waals surface area contributed by atoms with Gasteiger partial charge in [-0.3, -0.25) is 43.2 Å². The quantitative estimate of drug-likeness (QED) is 0.0319. The van der Waals surface area contributed by atoms with E-state index in [9.17, 15) is 63.3 Å². The van der Waals surface area contributed by atoms with Gasteiger partial charge in [0.2, 0.25) is 47.3 Å². The van der Waals surface area contributed by atoms with Gasteiger partial charge in [0, 0.05) is 0 Å². The molecule has 0 aromatic rings. The summed E-state index contributed by atoms with van der Waals surface area (Å²) in [6, 6.07) is -12.1. The first kappa shape index (κ1) is 67.4. The minimum absolute atomic E-state index is 0.0312. The van der Waals surface area contributed by atoms with Crippen LogP contribution in [0.25, 0.3) is 0 Å². The Morgan fingerprint density at radius 3 is 1.60 bits per heavy atom. The number of allylic oxidation sites excluding steroid dienone is 1. The fourth-order valence-corrected chi connectivity index (χ4v) is 8.27. The van der Waals surface area contributed by atoms with Crippen LogP contribution in [0.4, 0.5) is 0 Å². The van der Waals surface area contributed by atoms with E-state index in [-0.39, 0.29) is 55.8 Å². The third kappa shape index (κ3) is 26.1. The monoisotopic (exact) mass is 1060 g/mol. The lowest BCUT2D eigenvalue weighted by Crippen LogP contribution is -2.62. The van der Waals surface area contributed by atoms with Gasteiger partial charge in [0.15, 0.2) is 0 Å². The Kier molecular flexibility index (Phi) is 31.3. The molecule has 22 nitrogen and oxygen atoms in total. The molecule has 1 aliphatic rings. The van der Waals surface area contributed by atoms with Gasteiger partial charge in [0.05, 0.1) is 25.6 Å². The second-order valence-electron chi connectivity index (χ2n) is 21.6. The van der Waals surface area contributed by atoms with Crippen LogP contribution < -0.4 is 42.5 Å². The number of aliphatic hydroxyl groups excluding tert-OH is 2. The number of carboxylic acids is 1. The second kappa shape index (κ2) is 34.8. The fourth-order valence-electron chi connectivity index (χ4n) is 8.27. The van der Waals surface area contributed by atoms with Crippen molar-refractivity contribution in [3.63, 3.8) is 0 Å². The van der Waals surface area contributed by atoms with Crippen LogP contribution in [-0.4, -0.2) is 142 Å². The molecule has 11 atom stereocenters. The number of aliphatic hydroxyl groups is 2. The number of unbranched alkanes of at least 4 members (excludes halogenated alkanes) is 5. The SMILES string of the molecule is CCCCCCCC=CC(O)CC(=O)NC(CC(C)C)C(=O)NC(CC(=O)O)C(=O)NC1C(=O)NC(CC(C)C)C(=O)NC(CC(C)C)C(=O)NC(CO)C(=O)NC(CC(C)C)C(=O)NC(C(C)CC)C(=O)OC1C. The van der Waals surface area contributed by atoms with Crippen LogP contribution in [-0.2, 0) is 52.7 Å². The Labute approximate surface area is 444 Å². The van der Waals surface area contributed by atoms with Crippen LogP contribution in [0.5, 0.6) is 0 Å². The summed E-state index contributed by atoms with van der Waals surface area (Å²) >= 11 is 0. The largest absolute Gasteiger partial charge is 0.481 e. The summed E-state index contributed by atoms with van der Waals surface area (Å²) in [5.41, 5.74) is 0. The second-order valence-corrected chi connectivity index (χ2v) is 21.6. The Balaban J connectivity index is 3.85. The maximum Gasteiger partial charge on any atom is 0.329 e. The van der Waals surface area contributed by atoms with Crippen LogP contribution in [0.15, 0.2) is 12.2 Å². The number of ether oxygens (including phenoxy) is 1. The number of hydrogen-bond acceptors (Lipinski definition) is 13. The molecule has 0 saturated carbocycles. The molecule has 11 N–H and O–H groups in total. The van der Waals surface area contributed by atoms with Gasteiger partial charge in [-0.25, -0.2) is 4.79 Å². The van der Waals surface area contributed by atoms with Crippen molar-refractivity contribution >= 4 is 59.2 Å². The van der Waals surface area contributed by atoms with E-state index >= 15 is 0 Å². The van der Waals surface area contributed by atoms with Crippen molar-refractivity contribution in [3.8, 4) is 0 Å². The highest BCUT2D eigenvalue weighted by Crippen LogP contribution is 2.17. The molecule has 0 radical (unpaired) electrons. The highest BCUT2D eigenvalue weighted by molar-refractivity contribution is 5.99. The lowest BCUT2D eigenvalue weighted by molar-refractivity contribution is -0.157. The Bertz CT molecular complexity index is 1910. The predicted molar refractivity (Wildman–Crippen MR) is 281 cm³/mol. The van der Waals surface area contributed by atoms with E-state index in [1.165, 1.54) is 13.0 Å². The van der Waals surface area contributed by atoms with Crippen molar-refractivity contribution in [3.05, 3.63) is 12.2 Å². The summed E-state index contributed by atoms with van der Waals surface area (Å²) in [5, 5.41) is 51.1. The molecular weight excluding hydrogens is 973 g/mol. The lowest BCUT2D eigenvalue weighted by Gasteiger charge is -2.31. The number of cyclic esters (lactones) is 1. The number of amides is 8. The van der Waals surface area contributed by atoms with Crippen molar-refractivity contribution < 1.29 is 68.0 Å². The molecule has 11 unspecified atom stereocenters. The first-order valence-electron chi connectivity index (χ1n) is 26.9. The molecule has 1 saturated heterocycles. The number of aliphatic carboxylic acids is 1. The van der Waals surface area contributed by atoms with Crippen LogP contribution in [0, 0.1) is 29.6 Å². The van der Waals surface area contributed by atoms with E-state index in [1.54, 1.807) is 75.3 Å². The third-order valence-corrected chi connectivity index (χ3v) is 12.5. The van der Waals surface area contributed by atoms with Crippen molar-refractivity contribution in [1.29, 1.82) is 0 Å². The number of rotatable bonds is 27. The van der Waals surface area contributed by atoms with Crippen molar-refractivity contribution in [2.24, 2.45) is 29.6 Å². The normalized spacial score (nSPS) is 23.4. The first-order chi connectivity index (χ1) is 35.1. The van der Waals surface area contributed by atoms with Crippen molar-refractivity contribution in [2.45, 2.75) is 227 Å². The molecule has 0 aromatic heterocycles. The Morgan fingerprint density at radius 1 is 0.627 bits per heavy atom. The van der Waals surface area contributed by atoms with Gasteiger partial charge in [-0.1, -0.05) is 120 Å². The molecule has 0 bridgehead atoms. The third-order valence-electron chi connectivity index (χ3n) is 12.5. The maximum absolute atomic E-state index is 14.6. The Morgan fingerprint density at radius 2 is 1.12 bits per heavy atom. The molecule has 75 heavy (non-hydrogen) atoms. The smallest absolute Gasteiger partial charge is 0.329 e. The molecule has 0 spiro atoms. The van der Waals surface area contributed by atoms with Gasteiger partial charge >= 0.3 is 11.9 Å². The zero-order valence-electron chi connectivity index (χ0n) is 46.5. The van der Waals surface area contributed by atoms with Crippen molar-refractivity contribution in [2.75, 3.05) is 6.61 Å². The molecule has 0 aliphatic carbocycles. The minimum Gasteiger partial charge on any atom is -0.481 e. The molecule has 1 aliphatic heterocycles. The summed E-state index contributed by atoms with van der Waals surface area (Å²) in [7, 11) is 0. The fraction of sp³-hybridized carbons (Fsp3) is 0.774. The molecule has 428 valence electrons. The van der Waals surface area contributed by atoms with E-state index in [1.807, 2.05) is 0 Å². The van der Waals surface area contributed by atoms with Crippen LogP contribution in [0.1, 0.15) is 167 Å². The molecule has 1 fully saturated rings. The van der Waals surface area contributed by atoms with E-state index in [2.05, 4.69) is 49.5 Å². The predicted octanol–water partition coefficient (Wildman–Crippen LogP) is 2.18. The lowest BCUT2D eigenvalue weighted by atomic mass is 9.97. The van der Waals surface area contributed by atoms with Gasteiger partial charge in [0.25, 0.3) is 0 Å². The summed E-state index contributed by atoms with van der Waals surface area (Å²) < 4.78 is 5.84. The number of carbonyl (C=O) groups excluding carboxylic acids is 9. The van der Waals surface area contributed by atoms with E-state index in [0.29, 0.717) is 6.42 Å². The van der Waals surface area contributed by atoms with Crippen LogP contribution >= 0.6 is 0 Å². The minimum atomic E-state index is -1.91. The zero-order chi connectivity index (χ0) is 57.1. The number of carbonyl (C=O) groups is 10. The summed E-state index contributed by atoms with van der Waals surface area (Å²) in [6.45, 7) is 20.0. The standard InChI is InChI=1S/C53H92N8O14/c1-13-15-16-17-18-19-20-21-35(63)26-42(64)54-36(22-29(3)4)46(67)57-40(27-43(65)66)50(71)61-45-34(12)75-53(74)44(33(11)14-2)60-49(70)39(25-32(9)10)56-51(72)41(28-62)59-48(69)37(23-30(5)6)55-47(68)38(24-31(7)8)58-52(45)73/h20-21,29-41,44-45,62-63H,13-19,22-28H2,1-12H3,(H,54,64)(H,55,68)(H,56,72)(H,57,67)(H,58,73)(H,59,69)(H,60,70)(H,61,71)(H,65,66). The average Bonchev–Trinajstić information content (AvgIpc) is 3.30. The van der Waals surface area contributed by atoms with Gasteiger partial charge < -0.3 is 62.6 Å². The maximum atomic E-state index is 14.6. The molecule has 8 amide bonds. The van der Waals surface area contributed by atoms with Crippen LogP contribution in [0.3, 0.4) is 0 Å². The summed E-state index contributed by atoms with van der Waals surface area (Å²) in [6.07, 6.45) is 5.56. The highest BCUT2D eigenvalue weighted by atomic mass is 16.5. The number of nitrogens with one attached hydrogen (secondary N) is 8. The van der Waals surface area contributed by atoms with Gasteiger partial charge in [0.1, 0.15) is 54.4 Å². The number of hydrogen-bond donors (Lipinski definition) is 11. The van der Waals surface area contributed by atoms with E-state index < -0.39 is 139 Å². The number of carboxylic acid groups (broad SMARTS) is 1.